The number of benzene rings is 1. The van der Waals surface area contributed by atoms with E-state index in [-0.39, 0.29) is 4.90 Å². The predicted octanol–water partition coefficient (Wildman–Crippen LogP) is 3.19. The van der Waals surface area contributed by atoms with E-state index in [1.807, 2.05) is 24.4 Å². The third kappa shape index (κ3) is 3.59. The zero-order chi connectivity index (χ0) is 20.8. The number of imidazole rings is 1. The van der Waals surface area contributed by atoms with E-state index >= 15 is 0 Å². The second-order valence-corrected chi connectivity index (χ2v) is 10.5. The first-order chi connectivity index (χ1) is 13.8. The molecule has 3 heterocycles. The minimum Gasteiger partial charge on any atom is -0.383 e. The molecule has 0 saturated carbocycles. The van der Waals surface area contributed by atoms with Crippen LogP contribution in [0.3, 0.4) is 0 Å². The van der Waals surface area contributed by atoms with Crippen LogP contribution in [-0.4, -0.2) is 46.3 Å². The Kier molecular flexibility index (Phi) is 5.23. The number of fused-ring (bicyclic) bond motifs is 2. The molecule has 0 spiro atoms. The fourth-order valence-corrected chi connectivity index (χ4v) is 5.59. The fraction of sp³-hybridized carbons (Fsp3) is 0.278. The van der Waals surface area contributed by atoms with Gasteiger partial charge in [-0.05, 0) is 36.6 Å². The van der Waals surface area contributed by atoms with Crippen LogP contribution in [0.4, 0.5) is 5.82 Å². The summed E-state index contributed by atoms with van der Waals surface area (Å²) in [6.45, 7) is 2.76. The topological polar surface area (TPSA) is 107 Å². The van der Waals surface area contributed by atoms with Gasteiger partial charge in [0.25, 0.3) is 0 Å². The monoisotopic (exact) mass is 448 g/mol. The zero-order valence-corrected chi connectivity index (χ0v) is 18.6. The van der Waals surface area contributed by atoms with Crippen LogP contribution >= 0.6 is 23.1 Å². The van der Waals surface area contributed by atoms with Gasteiger partial charge in [0.15, 0.2) is 5.16 Å². The number of nitrogens with two attached hydrogens (primary N) is 1. The van der Waals surface area contributed by atoms with Gasteiger partial charge in [-0.25, -0.2) is 27.7 Å². The van der Waals surface area contributed by atoms with Gasteiger partial charge in [-0.15, -0.1) is 11.3 Å². The summed E-state index contributed by atoms with van der Waals surface area (Å²) in [5, 5.41) is 3.41. The molecular weight excluding hydrogens is 428 g/mol. The molecule has 0 bridgehead atoms. The van der Waals surface area contributed by atoms with Crippen LogP contribution in [0.25, 0.3) is 21.3 Å². The summed E-state index contributed by atoms with van der Waals surface area (Å²) < 4.78 is 28.1. The average Bonchev–Trinajstić information content (AvgIpc) is 3.29. The SMILES string of the molecule is CCn1c(CSc2nc(N)c3ccsc3n2)nc2cc(S(=O)(=O)N(C)C)ccc21. The number of anilines is 1. The van der Waals surface area contributed by atoms with Crippen LogP contribution < -0.4 is 5.73 Å². The standard InChI is InChI=1S/C18H20N6O2S3/c1-4-24-14-6-5-11(29(25,26)23(2)3)9-13(14)20-15(24)10-28-18-21-16(19)12-7-8-27-17(12)22-18/h5-9H,4,10H2,1-3H3,(H2,19,21,22). The third-order valence-electron chi connectivity index (χ3n) is 4.56. The van der Waals surface area contributed by atoms with Gasteiger partial charge in [0.1, 0.15) is 16.5 Å². The number of nitrogens with zero attached hydrogens (tertiary/aromatic N) is 5. The maximum Gasteiger partial charge on any atom is 0.242 e. The Balaban J connectivity index is 1.67. The van der Waals surface area contributed by atoms with E-state index in [1.165, 1.54) is 41.5 Å². The number of aryl methyl sites for hydroxylation is 1. The number of thiophene rings is 1. The molecular formula is C18H20N6O2S3. The largest absolute Gasteiger partial charge is 0.383 e. The van der Waals surface area contributed by atoms with E-state index in [4.69, 9.17) is 5.73 Å². The maximum absolute atomic E-state index is 12.4. The van der Waals surface area contributed by atoms with Crippen molar-refractivity contribution in [1.82, 2.24) is 23.8 Å². The van der Waals surface area contributed by atoms with Crippen molar-refractivity contribution in [2.75, 3.05) is 19.8 Å². The van der Waals surface area contributed by atoms with Gasteiger partial charge in [-0.1, -0.05) is 11.8 Å². The summed E-state index contributed by atoms with van der Waals surface area (Å²) in [6.07, 6.45) is 0. The Morgan fingerprint density at radius 1 is 1.21 bits per heavy atom. The summed E-state index contributed by atoms with van der Waals surface area (Å²) in [6, 6.07) is 6.97. The quantitative estimate of drug-likeness (QED) is 0.356. The maximum atomic E-state index is 12.4. The molecule has 1 aromatic carbocycles. The summed E-state index contributed by atoms with van der Waals surface area (Å²) in [5.41, 5.74) is 7.58. The van der Waals surface area contributed by atoms with Crippen molar-refractivity contribution in [3.8, 4) is 0 Å². The number of rotatable bonds is 6. The van der Waals surface area contributed by atoms with Gasteiger partial charge in [0.05, 0.1) is 27.1 Å². The zero-order valence-electron chi connectivity index (χ0n) is 16.2. The Morgan fingerprint density at radius 3 is 2.72 bits per heavy atom. The molecule has 0 unspecified atom stereocenters. The van der Waals surface area contributed by atoms with Gasteiger partial charge >= 0.3 is 0 Å². The van der Waals surface area contributed by atoms with Crippen molar-refractivity contribution >= 4 is 60.2 Å². The van der Waals surface area contributed by atoms with E-state index in [2.05, 4.69) is 19.5 Å². The first kappa shape index (κ1) is 20.1. The molecule has 0 aliphatic rings. The summed E-state index contributed by atoms with van der Waals surface area (Å²) in [5.74, 6) is 1.86. The van der Waals surface area contributed by atoms with Crippen LogP contribution in [0.1, 0.15) is 12.7 Å². The molecule has 0 aliphatic carbocycles. The lowest BCUT2D eigenvalue weighted by Crippen LogP contribution is -2.22. The minimum atomic E-state index is -3.51. The third-order valence-corrected chi connectivity index (χ3v) is 8.02. The fourth-order valence-electron chi connectivity index (χ4n) is 3.05. The molecule has 0 atom stereocenters. The second kappa shape index (κ2) is 7.56. The number of sulfonamides is 1. The van der Waals surface area contributed by atoms with Crippen molar-refractivity contribution in [3.05, 3.63) is 35.5 Å². The summed E-state index contributed by atoms with van der Waals surface area (Å²) in [7, 11) is -0.475. The smallest absolute Gasteiger partial charge is 0.242 e. The van der Waals surface area contributed by atoms with Gasteiger partial charge < -0.3 is 10.3 Å². The van der Waals surface area contributed by atoms with E-state index in [9.17, 15) is 8.42 Å². The number of nitrogen functional groups attached to an aromatic ring is 1. The number of thioether (sulfide) groups is 1. The van der Waals surface area contributed by atoms with Crippen LogP contribution in [-0.2, 0) is 22.3 Å². The lowest BCUT2D eigenvalue weighted by atomic mass is 10.3. The van der Waals surface area contributed by atoms with Crippen LogP contribution in [0.2, 0.25) is 0 Å². The molecule has 8 nitrogen and oxygen atoms in total. The Morgan fingerprint density at radius 2 is 2.00 bits per heavy atom. The molecule has 0 aliphatic heterocycles. The van der Waals surface area contributed by atoms with Crippen LogP contribution in [0.15, 0.2) is 39.7 Å². The van der Waals surface area contributed by atoms with Gasteiger partial charge in [-0.2, -0.15) is 0 Å². The van der Waals surface area contributed by atoms with Crippen molar-refractivity contribution in [1.29, 1.82) is 0 Å². The molecule has 4 rings (SSSR count). The van der Waals surface area contributed by atoms with Gasteiger partial charge in [0, 0.05) is 20.6 Å². The van der Waals surface area contributed by atoms with E-state index in [0.29, 0.717) is 22.2 Å². The Hall–Kier alpha value is -2.21. The lowest BCUT2D eigenvalue weighted by molar-refractivity contribution is 0.521. The molecule has 0 saturated heterocycles. The van der Waals surface area contributed by atoms with E-state index in [1.54, 1.807) is 12.1 Å². The molecule has 4 aromatic rings. The van der Waals surface area contributed by atoms with Crippen LogP contribution in [0, 0.1) is 0 Å². The molecule has 0 fully saturated rings. The van der Waals surface area contributed by atoms with Gasteiger partial charge in [0.2, 0.25) is 10.0 Å². The van der Waals surface area contributed by atoms with Crippen molar-refractivity contribution in [3.63, 3.8) is 0 Å². The molecule has 2 N–H and O–H groups in total. The summed E-state index contributed by atoms with van der Waals surface area (Å²) in [4.78, 5) is 14.7. The first-order valence-corrected chi connectivity index (χ1v) is 12.2. The molecule has 29 heavy (non-hydrogen) atoms. The van der Waals surface area contributed by atoms with Crippen molar-refractivity contribution in [2.24, 2.45) is 0 Å². The van der Waals surface area contributed by atoms with Crippen LogP contribution in [0.5, 0.6) is 0 Å². The number of hydrogen-bond acceptors (Lipinski definition) is 8. The predicted molar refractivity (Wildman–Crippen MR) is 118 cm³/mol. The normalized spacial score (nSPS) is 12.4. The Labute approximate surface area is 176 Å². The molecule has 0 amide bonds. The minimum absolute atomic E-state index is 0.231. The van der Waals surface area contributed by atoms with E-state index in [0.717, 1.165) is 28.1 Å². The summed E-state index contributed by atoms with van der Waals surface area (Å²) >= 11 is 2.99. The average molecular weight is 449 g/mol. The molecule has 11 heteroatoms. The highest BCUT2D eigenvalue weighted by atomic mass is 32.2. The van der Waals surface area contributed by atoms with Crippen molar-refractivity contribution in [2.45, 2.75) is 29.3 Å². The number of aromatic nitrogens is 4. The highest BCUT2D eigenvalue weighted by Gasteiger charge is 2.20. The lowest BCUT2D eigenvalue weighted by Gasteiger charge is -2.11. The van der Waals surface area contributed by atoms with E-state index < -0.39 is 10.0 Å². The highest BCUT2D eigenvalue weighted by molar-refractivity contribution is 7.98. The first-order valence-electron chi connectivity index (χ1n) is 8.86. The molecule has 0 radical (unpaired) electrons. The highest BCUT2D eigenvalue weighted by Crippen LogP contribution is 2.29. The molecule has 152 valence electrons. The number of hydrogen-bond donors (Lipinski definition) is 1. The van der Waals surface area contributed by atoms with Gasteiger partial charge in [-0.3, -0.25) is 0 Å². The Bertz CT molecular complexity index is 1310. The van der Waals surface area contributed by atoms with Crippen molar-refractivity contribution < 1.29 is 8.42 Å². The second-order valence-electron chi connectivity index (χ2n) is 6.53. The molecule has 3 aromatic heterocycles.